The van der Waals surface area contributed by atoms with E-state index in [9.17, 15) is 4.79 Å². The fraction of sp³-hybridized carbons (Fsp3) is 0.208. The van der Waals surface area contributed by atoms with Crippen LogP contribution >= 0.6 is 0 Å². The molecule has 0 bridgehead atoms. The monoisotopic (exact) mass is 386 g/mol. The molecular weight excluding hydrogens is 364 g/mol. The quantitative estimate of drug-likeness (QED) is 0.681. The van der Waals surface area contributed by atoms with Gasteiger partial charge in [-0.3, -0.25) is 0 Å². The molecule has 3 aromatic rings. The van der Waals surface area contributed by atoms with Crippen LogP contribution < -0.4 is 14.8 Å². The second kappa shape index (κ2) is 7.17. The number of urea groups is 1. The number of fused-ring (bicyclic) bond motifs is 2. The van der Waals surface area contributed by atoms with Crippen LogP contribution in [0.3, 0.4) is 0 Å². The number of nitrogens with zero attached hydrogens (tertiary/aromatic N) is 1. The summed E-state index contributed by atoms with van der Waals surface area (Å²) in [7, 11) is 0. The van der Waals surface area contributed by atoms with Gasteiger partial charge in [0.2, 0.25) is 6.79 Å². The molecule has 5 heteroatoms. The predicted octanol–water partition coefficient (Wildman–Crippen LogP) is 4.90. The van der Waals surface area contributed by atoms with Crippen LogP contribution in [-0.2, 0) is 6.42 Å². The summed E-state index contributed by atoms with van der Waals surface area (Å²) < 4.78 is 10.8. The number of hydrogen-bond donors (Lipinski definition) is 1. The van der Waals surface area contributed by atoms with E-state index >= 15 is 0 Å². The molecule has 0 saturated carbocycles. The van der Waals surface area contributed by atoms with Crippen molar-refractivity contribution in [2.24, 2.45) is 0 Å². The zero-order chi connectivity index (χ0) is 19.8. The van der Waals surface area contributed by atoms with Gasteiger partial charge >= 0.3 is 6.03 Å². The molecule has 0 aliphatic carbocycles. The largest absolute Gasteiger partial charge is 0.454 e. The molecule has 0 spiro atoms. The van der Waals surface area contributed by atoms with Crippen molar-refractivity contribution in [3.8, 4) is 11.5 Å². The van der Waals surface area contributed by atoms with Crippen molar-refractivity contribution in [3.05, 3.63) is 89.0 Å². The first-order valence-electron chi connectivity index (χ1n) is 9.81. The Morgan fingerprint density at radius 2 is 1.79 bits per heavy atom. The summed E-state index contributed by atoms with van der Waals surface area (Å²) in [6, 6.07) is 22.0. The van der Waals surface area contributed by atoms with Gasteiger partial charge in [-0.25, -0.2) is 4.79 Å². The predicted molar refractivity (Wildman–Crippen MR) is 111 cm³/mol. The van der Waals surface area contributed by atoms with Crippen molar-refractivity contribution in [2.45, 2.75) is 19.4 Å². The van der Waals surface area contributed by atoms with Crippen LogP contribution in [0.1, 0.15) is 28.3 Å². The third-order valence-corrected chi connectivity index (χ3v) is 5.56. The lowest BCUT2D eigenvalue weighted by molar-refractivity contribution is 0.174. The van der Waals surface area contributed by atoms with Crippen LogP contribution in [0, 0.1) is 6.92 Å². The lowest BCUT2D eigenvalue weighted by Gasteiger charge is -2.37. The molecule has 2 amide bonds. The molecule has 3 aromatic carbocycles. The molecule has 2 aliphatic heterocycles. The number of rotatable bonds is 2. The van der Waals surface area contributed by atoms with E-state index in [1.54, 1.807) is 6.07 Å². The van der Waals surface area contributed by atoms with E-state index in [1.807, 2.05) is 23.1 Å². The number of aryl methyl sites for hydroxylation is 1. The summed E-state index contributed by atoms with van der Waals surface area (Å²) >= 11 is 0. The SMILES string of the molecule is Cc1ccc(C2c3ccccc3CCN2C(=O)Nc2ccc3c(c2)OCO3)cc1. The third kappa shape index (κ3) is 3.29. The Kier molecular flexibility index (Phi) is 4.35. The molecule has 0 radical (unpaired) electrons. The van der Waals surface area contributed by atoms with E-state index in [0.717, 1.165) is 12.0 Å². The zero-order valence-corrected chi connectivity index (χ0v) is 16.2. The van der Waals surface area contributed by atoms with Gasteiger partial charge in [-0.1, -0.05) is 54.1 Å². The Hall–Kier alpha value is -3.47. The maximum atomic E-state index is 13.3. The second-order valence-electron chi connectivity index (χ2n) is 7.45. The highest BCUT2D eigenvalue weighted by molar-refractivity contribution is 5.90. The fourth-order valence-electron chi connectivity index (χ4n) is 4.06. The summed E-state index contributed by atoms with van der Waals surface area (Å²) in [6.45, 7) is 2.94. The van der Waals surface area contributed by atoms with Crippen LogP contribution in [0.5, 0.6) is 11.5 Å². The van der Waals surface area contributed by atoms with Gasteiger partial charge in [0.25, 0.3) is 0 Å². The summed E-state index contributed by atoms with van der Waals surface area (Å²) in [5, 5.41) is 3.03. The summed E-state index contributed by atoms with van der Waals surface area (Å²) in [4.78, 5) is 15.2. The number of amides is 2. The van der Waals surface area contributed by atoms with Gasteiger partial charge in [0.1, 0.15) is 0 Å². The van der Waals surface area contributed by atoms with E-state index in [4.69, 9.17) is 9.47 Å². The fourth-order valence-corrected chi connectivity index (χ4v) is 4.06. The first-order chi connectivity index (χ1) is 14.2. The Morgan fingerprint density at radius 1 is 1.00 bits per heavy atom. The van der Waals surface area contributed by atoms with E-state index in [1.165, 1.54) is 16.7 Å². The van der Waals surface area contributed by atoms with Crippen molar-refractivity contribution in [2.75, 3.05) is 18.7 Å². The molecule has 5 rings (SSSR count). The average molecular weight is 386 g/mol. The van der Waals surface area contributed by atoms with Crippen molar-refractivity contribution in [1.29, 1.82) is 0 Å². The standard InChI is InChI=1S/C24H22N2O3/c1-16-6-8-18(9-7-16)23-20-5-3-2-4-17(20)12-13-26(23)24(27)25-19-10-11-21-22(14-19)29-15-28-21/h2-11,14,23H,12-13,15H2,1H3,(H,25,27). The van der Waals surface area contributed by atoms with Gasteiger partial charge in [0, 0.05) is 18.3 Å². The highest BCUT2D eigenvalue weighted by Crippen LogP contribution is 2.37. The topological polar surface area (TPSA) is 50.8 Å². The van der Waals surface area contributed by atoms with Crippen molar-refractivity contribution in [1.82, 2.24) is 4.90 Å². The maximum absolute atomic E-state index is 13.3. The number of benzene rings is 3. The van der Waals surface area contributed by atoms with E-state index in [2.05, 4.69) is 54.7 Å². The smallest absolute Gasteiger partial charge is 0.322 e. The Morgan fingerprint density at radius 3 is 2.66 bits per heavy atom. The van der Waals surface area contributed by atoms with E-state index in [-0.39, 0.29) is 18.9 Å². The molecule has 2 heterocycles. The molecule has 1 N–H and O–H groups in total. The number of nitrogens with one attached hydrogen (secondary N) is 1. The minimum absolute atomic E-state index is 0.116. The lowest BCUT2D eigenvalue weighted by atomic mass is 9.88. The van der Waals surface area contributed by atoms with E-state index in [0.29, 0.717) is 23.7 Å². The number of ether oxygens (including phenoxy) is 2. The number of anilines is 1. The number of carbonyl (C=O) groups is 1. The van der Waals surface area contributed by atoms with Gasteiger partial charge in [0.05, 0.1) is 6.04 Å². The first kappa shape index (κ1) is 17.6. The van der Waals surface area contributed by atoms with Crippen molar-refractivity contribution < 1.29 is 14.3 Å². The minimum atomic E-state index is -0.121. The van der Waals surface area contributed by atoms with Crippen LogP contribution in [0.4, 0.5) is 10.5 Å². The molecule has 146 valence electrons. The van der Waals surface area contributed by atoms with Crippen LogP contribution in [0.2, 0.25) is 0 Å². The van der Waals surface area contributed by atoms with Gasteiger partial charge in [-0.15, -0.1) is 0 Å². The van der Waals surface area contributed by atoms with Crippen LogP contribution in [0.15, 0.2) is 66.7 Å². The molecule has 29 heavy (non-hydrogen) atoms. The summed E-state index contributed by atoms with van der Waals surface area (Å²) in [5.74, 6) is 1.36. The molecule has 2 aliphatic rings. The average Bonchev–Trinajstić information content (AvgIpc) is 3.21. The third-order valence-electron chi connectivity index (χ3n) is 5.56. The van der Waals surface area contributed by atoms with Crippen molar-refractivity contribution in [3.63, 3.8) is 0 Å². The van der Waals surface area contributed by atoms with E-state index < -0.39 is 0 Å². The van der Waals surface area contributed by atoms with Gasteiger partial charge in [-0.05, 0) is 42.2 Å². The maximum Gasteiger partial charge on any atom is 0.322 e. The molecule has 0 fully saturated rings. The molecule has 5 nitrogen and oxygen atoms in total. The Balaban J connectivity index is 1.47. The molecule has 0 saturated heterocycles. The van der Waals surface area contributed by atoms with Gasteiger partial charge in [-0.2, -0.15) is 0 Å². The van der Waals surface area contributed by atoms with Crippen LogP contribution in [0.25, 0.3) is 0 Å². The normalized spacial score (nSPS) is 17.0. The van der Waals surface area contributed by atoms with Gasteiger partial charge in [0.15, 0.2) is 11.5 Å². The van der Waals surface area contributed by atoms with Crippen molar-refractivity contribution >= 4 is 11.7 Å². The second-order valence-corrected chi connectivity index (χ2v) is 7.45. The highest BCUT2D eigenvalue weighted by Gasteiger charge is 2.32. The number of hydrogen-bond acceptors (Lipinski definition) is 3. The summed E-state index contributed by atoms with van der Waals surface area (Å²) in [5.41, 5.74) is 5.49. The molecule has 1 unspecified atom stereocenters. The highest BCUT2D eigenvalue weighted by atomic mass is 16.7. The number of carbonyl (C=O) groups excluding carboxylic acids is 1. The molecule has 1 atom stereocenters. The Labute approximate surface area is 169 Å². The van der Waals surface area contributed by atoms with Crippen LogP contribution in [-0.4, -0.2) is 24.3 Å². The molecule has 0 aromatic heterocycles. The zero-order valence-electron chi connectivity index (χ0n) is 16.2. The Bertz CT molecular complexity index is 1060. The lowest BCUT2D eigenvalue weighted by Crippen LogP contribution is -2.43. The first-order valence-corrected chi connectivity index (χ1v) is 9.81. The van der Waals surface area contributed by atoms with Gasteiger partial charge < -0.3 is 19.7 Å². The summed E-state index contributed by atoms with van der Waals surface area (Å²) in [6.07, 6.45) is 0.840. The molecular formula is C24H22N2O3. The minimum Gasteiger partial charge on any atom is -0.454 e.